The number of aliphatic hydroxyl groups is 1. The quantitative estimate of drug-likeness (QED) is 0.661. The maximum Gasteiger partial charge on any atom is 0.113 e. The molecule has 0 saturated heterocycles. The first-order valence-corrected chi connectivity index (χ1v) is 8.10. The largest absolute Gasteiger partial charge is 0.383 e. The number of aliphatic hydroxyl groups excluding tert-OH is 1. The predicted octanol–water partition coefficient (Wildman–Crippen LogP) is 5.36. The van der Waals surface area contributed by atoms with E-state index in [0.717, 1.165) is 26.0 Å². The summed E-state index contributed by atoms with van der Waals surface area (Å²) >= 11 is 5.19. The third-order valence-electron chi connectivity index (χ3n) is 3.56. The van der Waals surface area contributed by atoms with Crippen molar-refractivity contribution in [2.45, 2.75) is 20.0 Å². The Kier molecular flexibility index (Phi) is 3.67. The number of hydrogen-bond acceptors (Lipinski definition) is 2. The van der Waals surface area contributed by atoms with E-state index < -0.39 is 6.10 Å². The second-order valence-electron chi connectivity index (χ2n) is 5.05. The highest BCUT2D eigenvalue weighted by Gasteiger charge is 2.16. The Morgan fingerprint density at radius 2 is 1.80 bits per heavy atom. The maximum absolute atomic E-state index is 10.7. The van der Waals surface area contributed by atoms with Crippen LogP contribution in [0.4, 0.5) is 0 Å². The number of benzene rings is 2. The summed E-state index contributed by atoms with van der Waals surface area (Å²) in [7, 11) is 0. The van der Waals surface area contributed by atoms with Gasteiger partial charge in [-0.25, -0.2) is 0 Å². The Balaban J connectivity index is 2.07. The number of aryl methyl sites for hydroxylation is 2. The zero-order valence-corrected chi connectivity index (χ0v) is 13.8. The zero-order valence-electron chi connectivity index (χ0n) is 11.4. The van der Waals surface area contributed by atoms with E-state index in [9.17, 15) is 5.11 Å². The van der Waals surface area contributed by atoms with Crippen LogP contribution in [0.2, 0.25) is 0 Å². The molecule has 0 bridgehead atoms. The molecule has 0 amide bonds. The third-order valence-corrected chi connectivity index (χ3v) is 5.58. The van der Waals surface area contributed by atoms with Crippen molar-refractivity contribution in [1.82, 2.24) is 0 Å². The lowest BCUT2D eigenvalue weighted by Crippen LogP contribution is -2.00. The number of thiophene rings is 1. The van der Waals surface area contributed by atoms with E-state index >= 15 is 0 Å². The fourth-order valence-electron chi connectivity index (χ4n) is 2.39. The van der Waals surface area contributed by atoms with Crippen LogP contribution in [0.5, 0.6) is 0 Å². The van der Waals surface area contributed by atoms with Crippen LogP contribution in [0.3, 0.4) is 0 Å². The third kappa shape index (κ3) is 2.41. The van der Waals surface area contributed by atoms with Gasteiger partial charge in [-0.05, 0) is 54.1 Å². The van der Waals surface area contributed by atoms with Crippen molar-refractivity contribution >= 4 is 37.4 Å². The molecule has 2 aromatic carbocycles. The van der Waals surface area contributed by atoms with Gasteiger partial charge in [0.25, 0.3) is 0 Å². The van der Waals surface area contributed by atoms with E-state index in [1.807, 2.05) is 26.0 Å². The average Bonchev–Trinajstić information content (AvgIpc) is 2.86. The highest BCUT2D eigenvalue weighted by Crippen LogP contribution is 2.35. The van der Waals surface area contributed by atoms with Gasteiger partial charge in [-0.1, -0.05) is 40.2 Å². The summed E-state index contributed by atoms with van der Waals surface area (Å²) < 4.78 is 2.30. The SMILES string of the molecule is Cc1cc(C(O)c2cc3ccccc3s2)c(C)cc1Br. The Hall–Kier alpha value is -1.16. The fourth-order valence-corrected chi connectivity index (χ4v) is 3.92. The second kappa shape index (κ2) is 5.32. The normalized spacial score (nSPS) is 12.8. The first kappa shape index (κ1) is 13.8. The summed E-state index contributed by atoms with van der Waals surface area (Å²) in [4.78, 5) is 0.996. The van der Waals surface area contributed by atoms with Gasteiger partial charge in [0.1, 0.15) is 6.10 Å². The van der Waals surface area contributed by atoms with Gasteiger partial charge in [0, 0.05) is 14.0 Å². The van der Waals surface area contributed by atoms with Gasteiger partial charge in [-0.15, -0.1) is 11.3 Å². The summed E-state index contributed by atoms with van der Waals surface area (Å²) in [6, 6.07) is 14.5. The van der Waals surface area contributed by atoms with E-state index in [-0.39, 0.29) is 0 Å². The molecule has 0 aliphatic carbocycles. The van der Waals surface area contributed by atoms with Gasteiger partial charge in [0.15, 0.2) is 0 Å². The Morgan fingerprint density at radius 3 is 2.55 bits per heavy atom. The van der Waals surface area contributed by atoms with Crippen LogP contribution >= 0.6 is 27.3 Å². The molecule has 0 radical (unpaired) electrons. The van der Waals surface area contributed by atoms with Gasteiger partial charge in [-0.3, -0.25) is 0 Å². The van der Waals surface area contributed by atoms with E-state index in [1.165, 1.54) is 10.1 Å². The van der Waals surface area contributed by atoms with Gasteiger partial charge in [0.05, 0.1) is 0 Å². The van der Waals surface area contributed by atoms with Crippen LogP contribution in [-0.4, -0.2) is 5.11 Å². The minimum atomic E-state index is -0.556. The summed E-state index contributed by atoms with van der Waals surface area (Å²) in [5.74, 6) is 0. The lowest BCUT2D eigenvalue weighted by molar-refractivity contribution is 0.223. The first-order valence-electron chi connectivity index (χ1n) is 6.49. The lowest BCUT2D eigenvalue weighted by Gasteiger charge is -2.14. The topological polar surface area (TPSA) is 20.2 Å². The first-order chi connectivity index (χ1) is 9.56. The molecule has 0 saturated carbocycles. The van der Waals surface area contributed by atoms with Crippen molar-refractivity contribution in [3.8, 4) is 0 Å². The van der Waals surface area contributed by atoms with Crippen LogP contribution in [0.25, 0.3) is 10.1 Å². The Labute approximate surface area is 131 Å². The fraction of sp³-hybridized carbons (Fsp3) is 0.176. The minimum absolute atomic E-state index is 0.556. The predicted molar refractivity (Wildman–Crippen MR) is 89.5 cm³/mol. The Morgan fingerprint density at radius 1 is 1.05 bits per heavy atom. The summed E-state index contributed by atoms with van der Waals surface area (Å²) in [5.41, 5.74) is 3.23. The molecule has 0 spiro atoms. The van der Waals surface area contributed by atoms with Crippen LogP contribution in [-0.2, 0) is 0 Å². The van der Waals surface area contributed by atoms with E-state index in [0.29, 0.717) is 0 Å². The number of fused-ring (bicyclic) bond motifs is 1. The van der Waals surface area contributed by atoms with Crippen LogP contribution in [0.1, 0.15) is 27.7 Å². The molecule has 0 aliphatic rings. The molecule has 1 N–H and O–H groups in total. The highest BCUT2D eigenvalue weighted by molar-refractivity contribution is 9.10. The van der Waals surface area contributed by atoms with Crippen molar-refractivity contribution in [2.24, 2.45) is 0 Å². The van der Waals surface area contributed by atoms with Crippen molar-refractivity contribution in [3.63, 3.8) is 0 Å². The molecular formula is C17H15BrOS. The monoisotopic (exact) mass is 346 g/mol. The smallest absolute Gasteiger partial charge is 0.113 e. The van der Waals surface area contributed by atoms with Crippen LogP contribution < -0.4 is 0 Å². The molecule has 1 aromatic heterocycles. The van der Waals surface area contributed by atoms with Crippen molar-refractivity contribution in [2.75, 3.05) is 0 Å². The number of rotatable bonds is 2. The van der Waals surface area contributed by atoms with Crippen molar-refractivity contribution in [3.05, 3.63) is 68.5 Å². The molecule has 1 unspecified atom stereocenters. The minimum Gasteiger partial charge on any atom is -0.383 e. The maximum atomic E-state index is 10.7. The van der Waals surface area contributed by atoms with Crippen molar-refractivity contribution in [1.29, 1.82) is 0 Å². The molecule has 1 heterocycles. The molecule has 1 atom stereocenters. The molecule has 0 fully saturated rings. The average molecular weight is 347 g/mol. The molecule has 20 heavy (non-hydrogen) atoms. The van der Waals surface area contributed by atoms with Crippen LogP contribution in [0.15, 0.2) is 46.9 Å². The molecule has 102 valence electrons. The van der Waals surface area contributed by atoms with Gasteiger partial charge >= 0.3 is 0 Å². The number of halogens is 1. The van der Waals surface area contributed by atoms with E-state index in [1.54, 1.807) is 11.3 Å². The molecule has 0 aliphatic heterocycles. The summed E-state index contributed by atoms with van der Waals surface area (Å²) in [5, 5.41) is 11.9. The standard InChI is InChI=1S/C17H15BrOS/c1-10-8-14(18)11(2)7-13(10)17(19)16-9-12-5-3-4-6-15(12)20-16/h3-9,17,19H,1-2H3. The highest BCUT2D eigenvalue weighted by atomic mass is 79.9. The second-order valence-corrected chi connectivity index (χ2v) is 7.02. The molecule has 3 rings (SSSR count). The summed E-state index contributed by atoms with van der Waals surface area (Å²) in [6.07, 6.45) is -0.556. The number of hydrogen-bond donors (Lipinski definition) is 1. The van der Waals surface area contributed by atoms with Crippen LogP contribution in [0, 0.1) is 13.8 Å². The molecule has 3 aromatic rings. The van der Waals surface area contributed by atoms with Crippen molar-refractivity contribution < 1.29 is 5.11 Å². The van der Waals surface area contributed by atoms with Gasteiger partial charge in [0.2, 0.25) is 0 Å². The van der Waals surface area contributed by atoms with Gasteiger partial charge < -0.3 is 5.11 Å². The Bertz CT molecular complexity index is 743. The molecule has 3 heteroatoms. The van der Waals surface area contributed by atoms with Gasteiger partial charge in [-0.2, -0.15) is 0 Å². The molecule has 1 nitrogen and oxygen atoms in total. The molecular weight excluding hydrogens is 332 g/mol. The van der Waals surface area contributed by atoms with E-state index in [2.05, 4.69) is 46.3 Å². The van der Waals surface area contributed by atoms with E-state index in [4.69, 9.17) is 0 Å². The summed E-state index contributed by atoms with van der Waals surface area (Å²) in [6.45, 7) is 4.08. The lowest BCUT2D eigenvalue weighted by atomic mass is 10.00. The zero-order chi connectivity index (χ0) is 14.3.